The second kappa shape index (κ2) is 12.1. The van der Waals surface area contributed by atoms with Crippen LogP contribution in [0.25, 0.3) is 22.0 Å². The largest absolute Gasteiger partial charge is 0.481 e. The molecule has 0 spiro atoms. The lowest BCUT2D eigenvalue weighted by Crippen LogP contribution is -2.43. The highest BCUT2D eigenvalue weighted by atomic mass is 16.4. The summed E-state index contributed by atoms with van der Waals surface area (Å²) >= 11 is 0. The molecule has 4 aromatic rings. The summed E-state index contributed by atoms with van der Waals surface area (Å²) in [5.41, 5.74) is 4.54. The molecule has 2 atom stereocenters. The highest BCUT2D eigenvalue weighted by Gasteiger charge is 2.28. The number of rotatable bonds is 9. The molecule has 0 aliphatic carbocycles. The molecule has 0 aliphatic heterocycles. The average Bonchev–Trinajstić information content (AvgIpc) is 2.95. The first-order valence-corrected chi connectivity index (χ1v) is 11.9. The third-order valence-corrected chi connectivity index (χ3v) is 6.09. The van der Waals surface area contributed by atoms with E-state index in [4.69, 9.17) is 6.57 Å². The number of carbonyl (C=O) groups excluding carboxylic acids is 1. The first kappa shape index (κ1) is 25.2. The summed E-state index contributed by atoms with van der Waals surface area (Å²) in [6.45, 7) is 7.25. The Hall–Kier alpha value is -4.95. The molecule has 1 amide bonds. The van der Waals surface area contributed by atoms with Crippen LogP contribution in [0.4, 0.5) is 5.69 Å². The zero-order valence-electron chi connectivity index (χ0n) is 20.1. The van der Waals surface area contributed by atoms with Gasteiger partial charge in [-0.15, -0.1) is 0 Å². The van der Waals surface area contributed by atoms with Gasteiger partial charge in [-0.1, -0.05) is 115 Å². The predicted octanol–water partition coefficient (Wildman–Crippen LogP) is 6.66. The normalized spacial score (nSPS) is 12.4. The van der Waals surface area contributed by atoms with Crippen LogP contribution in [0, 0.1) is 12.5 Å². The molecule has 0 saturated carbocycles. The van der Waals surface area contributed by atoms with Crippen LogP contribution in [-0.4, -0.2) is 23.0 Å². The lowest BCUT2D eigenvalue weighted by atomic mass is 9.90. The quantitative estimate of drug-likeness (QED) is 0.260. The van der Waals surface area contributed by atoms with E-state index in [1.165, 1.54) is 0 Å². The number of aliphatic carboxylic acids is 1. The lowest BCUT2D eigenvalue weighted by molar-refractivity contribution is -0.142. The second-order valence-electron chi connectivity index (χ2n) is 8.64. The standard InChI is InChI=1S/C32H26N2O3/c1-33-28-14-8-11-24(21-28)22-29(32(36)37)30(20-15-23-9-4-2-5-10-23)34-31(35)27-18-16-26(17-19-27)25-12-6-3-7-13-25/h2-21,29-30H,22H2,(H,34,35)(H,36,37)/b20-15+. The molecule has 0 radical (unpaired) electrons. The van der Waals surface area contributed by atoms with Gasteiger partial charge in [-0.05, 0) is 35.2 Å². The Morgan fingerprint density at radius 2 is 1.49 bits per heavy atom. The molecule has 5 heteroatoms. The second-order valence-corrected chi connectivity index (χ2v) is 8.64. The van der Waals surface area contributed by atoms with E-state index in [0.717, 1.165) is 22.3 Å². The molecule has 0 heterocycles. The van der Waals surface area contributed by atoms with E-state index in [1.54, 1.807) is 42.5 Å². The van der Waals surface area contributed by atoms with Crippen molar-refractivity contribution in [1.82, 2.24) is 5.32 Å². The maximum Gasteiger partial charge on any atom is 0.309 e. The van der Waals surface area contributed by atoms with E-state index in [1.807, 2.05) is 78.9 Å². The van der Waals surface area contributed by atoms with Crippen LogP contribution in [-0.2, 0) is 11.2 Å². The highest BCUT2D eigenvalue weighted by molar-refractivity contribution is 5.95. The molecule has 0 aliphatic rings. The molecule has 4 aromatic carbocycles. The van der Waals surface area contributed by atoms with Gasteiger partial charge >= 0.3 is 5.97 Å². The van der Waals surface area contributed by atoms with Gasteiger partial charge in [-0.2, -0.15) is 0 Å². The molecular weight excluding hydrogens is 460 g/mol. The summed E-state index contributed by atoms with van der Waals surface area (Å²) in [4.78, 5) is 29.0. The Balaban J connectivity index is 1.60. The highest BCUT2D eigenvalue weighted by Crippen LogP contribution is 2.22. The van der Waals surface area contributed by atoms with Crippen molar-refractivity contribution in [3.63, 3.8) is 0 Å². The van der Waals surface area contributed by atoms with Crippen LogP contribution < -0.4 is 5.32 Å². The minimum atomic E-state index is -1.03. The fourth-order valence-corrected chi connectivity index (χ4v) is 4.12. The van der Waals surface area contributed by atoms with E-state index in [2.05, 4.69) is 10.2 Å². The molecule has 5 nitrogen and oxygen atoms in total. The molecule has 0 fully saturated rings. The monoisotopic (exact) mass is 486 g/mol. The van der Waals surface area contributed by atoms with Crippen molar-refractivity contribution in [1.29, 1.82) is 0 Å². The van der Waals surface area contributed by atoms with Crippen LogP contribution in [0.3, 0.4) is 0 Å². The van der Waals surface area contributed by atoms with Crippen LogP contribution >= 0.6 is 0 Å². The lowest BCUT2D eigenvalue weighted by Gasteiger charge is -2.23. The summed E-state index contributed by atoms with van der Waals surface area (Å²) in [5.74, 6) is -2.33. The first-order valence-electron chi connectivity index (χ1n) is 11.9. The fraction of sp³-hybridized carbons (Fsp3) is 0.0938. The molecule has 4 rings (SSSR count). The Bertz CT molecular complexity index is 1420. The number of carboxylic acids is 1. The van der Waals surface area contributed by atoms with Crippen molar-refractivity contribution in [2.75, 3.05) is 0 Å². The van der Waals surface area contributed by atoms with Gasteiger partial charge < -0.3 is 10.4 Å². The van der Waals surface area contributed by atoms with Gasteiger partial charge in [-0.25, -0.2) is 4.85 Å². The maximum absolute atomic E-state index is 13.2. The number of carbonyl (C=O) groups is 2. The van der Waals surface area contributed by atoms with E-state index >= 15 is 0 Å². The van der Waals surface area contributed by atoms with E-state index in [9.17, 15) is 14.7 Å². The Morgan fingerprint density at radius 3 is 2.14 bits per heavy atom. The third-order valence-electron chi connectivity index (χ3n) is 6.09. The van der Waals surface area contributed by atoms with Crippen molar-refractivity contribution in [2.24, 2.45) is 5.92 Å². The summed E-state index contributed by atoms with van der Waals surface area (Å²) in [5, 5.41) is 13.1. The van der Waals surface area contributed by atoms with Crippen LogP contribution in [0.15, 0.2) is 115 Å². The zero-order valence-corrected chi connectivity index (χ0v) is 20.1. The van der Waals surface area contributed by atoms with Crippen molar-refractivity contribution in [3.05, 3.63) is 143 Å². The van der Waals surface area contributed by atoms with Crippen LogP contribution in [0.2, 0.25) is 0 Å². The van der Waals surface area contributed by atoms with Gasteiger partial charge in [0.15, 0.2) is 5.69 Å². The summed E-state index contributed by atoms with van der Waals surface area (Å²) in [7, 11) is 0. The van der Waals surface area contributed by atoms with Crippen LogP contribution in [0.5, 0.6) is 0 Å². The SMILES string of the molecule is [C-]#[N+]c1cccc(CC(C(=O)O)C(/C=C/c2ccccc2)NC(=O)c2ccc(-c3ccccc3)cc2)c1. The number of amides is 1. The molecule has 0 bridgehead atoms. The van der Waals surface area contributed by atoms with Gasteiger partial charge in [0.25, 0.3) is 5.91 Å². The Morgan fingerprint density at radius 1 is 0.838 bits per heavy atom. The van der Waals surface area contributed by atoms with Crippen molar-refractivity contribution in [3.8, 4) is 11.1 Å². The number of hydrogen-bond acceptors (Lipinski definition) is 2. The number of carboxylic acid groups (broad SMARTS) is 1. The van der Waals surface area contributed by atoms with E-state index < -0.39 is 17.9 Å². The topological polar surface area (TPSA) is 70.8 Å². The Kier molecular flexibility index (Phi) is 8.26. The van der Waals surface area contributed by atoms with Gasteiger partial charge in [0.1, 0.15) is 0 Å². The number of nitrogens with one attached hydrogen (secondary N) is 1. The first-order chi connectivity index (χ1) is 18.0. The van der Waals surface area contributed by atoms with Crippen molar-refractivity contribution < 1.29 is 14.7 Å². The summed E-state index contributed by atoms with van der Waals surface area (Å²) < 4.78 is 0. The molecule has 2 N–H and O–H groups in total. The number of nitrogens with zero attached hydrogens (tertiary/aromatic N) is 1. The van der Waals surface area contributed by atoms with Gasteiger partial charge in [-0.3, -0.25) is 9.59 Å². The van der Waals surface area contributed by atoms with Crippen LogP contribution in [0.1, 0.15) is 21.5 Å². The van der Waals surface area contributed by atoms with E-state index in [-0.39, 0.29) is 12.3 Å². The molecule has 0 aromatic heterocycles. The molecular formula is C32H26N2O3. The van der Waals surface area contributed by atoms with Gasteiger partial charge in [0.2, 0.25) is 0 Å². The number of benzene rings is 4. The third kappa shape index (κ3) is 6.81. The van der Waals surface area contributed by atoms with E-state index in [0.29, 0.717) is 11.3 Å². The minimum Gasteiger partial charge on any atom is -0.481 e. The number of hydrogen-bond donors (Lipinski definition) is 2. The van der Waals surface area contributed by atoms with Gasteiger partial charge in [0.05, 0.1) is 18.5 Å². The average molecular weight is 487 g/mol. The van der Waals surface area contributed by atoms with Gasteiger partial charge in [0, 0.05) is 5.56 Å². The summed E-state index contributed by atoms with van der Waals surface area (Å²) in [6.07, 6.45) is 3.70. The maximum atomic E-state index is 13.2. The molecule has 37 heavy (non-hydrogen) atoms. The van der Waals surface area contributed by atoms with Crippen molar-refractivity contribution >= 4 is 23.6 Å². The predicted molar refractivity (Wildman–Crippen MR) is 146 cm³/mol. The van der Waals surface area contributed by atoms with Crippen molar-refractivity contribution in [2.45, 2.75) is 12.5 Å². The molecule has 0 saturated heterocycles. The Labute approximate surface area is 216 Å². The molecule has 182 valence electrons. The molecule has 2 unspecified atom stereocenters. The zero-order chi connectivity index (χ0) is 26.0. The minimum absolute atomic E-state index is 0.162. The smallest absolute Gasteiger partial charge is 0.309 e. The fourth-order valence-electron chi connectivity index (χ4n) is 4.12. The summed E-state index contributed by atoms with van der Waals surface area (Å²) in [6, 6.07) is 32.7.